The average Bonchev–Trinajstić information content (AvgIpc) is 3.26. The molecule has 2 fully saturated rings. The van der Waals surface area contributed by atoms with Crippen molar-refractivity contribution in [2.24, 2.45) is 5.92 Å². The van der Waals surface area contributed by atoms with Crippen LogP contribution in [-0.4, -0.2) is 28.5 Å². The van der Waals surface area contributed by atoms with E-state index in [-0.39, 0.29) is 0 Å². The Morgan fingerprint density at radius 2 is 2.00 bits per heavy atom. The van der Waals surface area contributed by atoms with Gasteiger partial charge in [0.2, 0.25) is 0 Å². The monoisotopic (exact) mass is 284 g/mol. The average molecular weight is 284 g/mol. The number of nitrogens with one attached hydrogen (secondary N) is 1. The van der Waals surface area contributed by atoms with Gasteiger partial charge in [-0.2, -0.15) is 0 Å². The third kappa shape index (κ3) is 2.64. The normalized spacial score (nSPS) is 20.3. The molecule has 0 bridgehead atoms. The van der Waals surface area contributed by atoms with E-state index in [0.29, 0.717) is 0 Å². The summed E-state index contributed by atoms with van der Waals surface area (Å²) in [6.07, 6.45) is 7.36. The van der Waals surface area contributed by atoms with Crippen molar-refractivity contribution in [3.8, 4) is 0 Å². The minimum atomic E-state index is 0.730. The molecular weight excluding hydrogens is 260 g/mol. The lowest BCUT2D eigenvalue weighted by Crippen LogP contribution is -2.34. The molecule has 3 heterocycles. The Hall–Kier alpha value is -1.55. The van der Waals surface area contributed by atoms with Crippen molar-refractivity contribution in [3.05, 3.63) is 30.1 Å². The van der Waals surface area contributed by atoms with Crippen molar-refractivity contribution in [3.63, 3.8) is 0 Å². The minimum absolute atomic E-state index is 0.730. The summed E-state index contributed by atoms with van der Waals surface area (Å²) in [5, 5.41) is 3.65. The summed E-state index contributed by atoms with van der Waals surface area (Å²) in [4.78, 5) is 7.39. The van der Waals surface area contributed by atoms with Gasteiger partial charge in [-0.3, -0.25) is 0 Å². The number of anilines is 1. The first-order valence-corrected chi connectivity index (χ1v) is 8.25. The zero-order chi connectivity index (χ0) is 14.2. The van der Waals surface area contributed by atoms with Crippen molar-refractivity contribution in [1.29, 1.82) is 0 Å². The van der Waals surface area contributed by atoms with Crippen LogP contribution in [0.5, 0.6) is 0 Å². The first-order chi connectivity index (χ1) is 10.3. The first kappa shape index (κ1) is 13.1. The largest absolute Gasteiger partial charge is 0.355 e. The second kappa shape index (κ2) is 5.34. The predicted octanol–water partition coefficient (Wildman–Crippen LogP) is 2.82. The van der Waals surface area contributed by atoms with E-state index in [1.54, 1.807) is 0 Å². The molecule has 0 unspecified atom stereocenters. The molecular formula is C17H24N4. The maximum absolute atomic E-state index is 4.91. The molecule has 1 aliphatic carbocycles. The van der Waals surface area contributed by atoms with Crippen LogP contribution in [-0.2, 0) is 6.54 Å². The van der Waals surface area contributed by atoms with Crippen LogP contribution in [0, 0.1) is 5.92 Å². The maximum Gasteiger partial charge on any atom is 0.152 e. The third-order valence-corrected chi connectivity index (χ3v) is 4.83. The van der Waals surface area contributed by atoms with Gasteiger partial charge < -0.3 is 14.6 Å². The summed E-state index contributed by atoms with van der Waals surface area (Å²) in [5.74, 6) is 2.05. The van der Waals surface area contributed by atoms with Gasteiger partial charge in [0.25, 0.3) is 0 Å². The smallest absolute Gasteiger partial charge is 0.152 e. The molecule has 0 radical (unpaired) electrons. The number of fused-ring (bicyclic) bond motifs is 1. The lowest BCUT2D eigenvalue weighted by molar-refractivity contribution is 0.436. The number of imidazole rings is 1. The molecule has 4 nitrogen and oxygen atoms in total. The van der Waals surface area contributed by atoms with Crippen molar-refractivity contribution < 1.29 is 0 Å². The Morgan fingerprint density at radius 1 is 1.19 bits per heavy atom. The van der Waals surface area contributed by atoms with Crippen molar-refractivity contribution in [2.45, 2.75) is 45.2 Å². The van der Waals surface area contributed by atoms with Crippen LogP contribution in [0.3, 0.4) is 0 Å². The number of hydrogen-bond donors (Lipinski definition) is 1. The van der Waals surface area contributed by atoms with Crippen LogP contribution in [0.4, 0.5) is 5.82 Å². The molecule has 1 saturated carbocycles. The predicted molar refractivity (Wildman–Crippen MR) is 85.7 cm³/mol. The van der Waals surface area contributed by atoms with E-state index in [1.807, 2.05) is 0 Å². The van der Waals surface area contributed by atoms with E-state index in [4.69, 9.17) is 4.98 Å². The highest BCUT2D eigenvalue weighted by Crippen LogP contribution is 2.28. The van der Waals surface area contributed by atoms with Crippen LogP contribution in [0.15, 0.2) is 24.4 Å². The number of aromatic nitrogens is 2. The molecule has 1 saturated heterocycles. The van der Waals surface area contributed by atoms with Gasteiger partial charge in [-0.1, -0.05) is 13.0 Å². The lowest BCUT2D eigenvalue weighted by atomic mass is 9.99. The molecule has 2 aromatic rings. The maximum atomic E-state index is 4.91. The topological polar surface area (TPSA) is 32.6 Å². The number of rotatable bonds is 4. The van der Waals surface area contributed by atoms with Gasteiger partial charge in [0, 0.05) is 31.9 Å². The van der Waals surface area contributed by atoms with E-state index in [0.717, 1.165) is 37.2 Å². The summed E-state index contributed by atoms with van der Waals surface area (Å²) >= 11 is 0. The molecule has 21 heavy (non-hydrogen) atoms. The minimum Gasteiger partial charge on any atom is -0.355 e. The lowest BCUT2D eigenvalue weighted by Gasteiger charge is -2.31. The van der Waals surface area contributed by atoms with Gasteiger partial charge in [-0.25, -0.2) is 4.98 Å². The van der Waals surface area contributed by atoms with E-state index >= 15 is 0 Å². The van der Waals surface area contributed by atoms with Gasteiger partial charge in [0.05, 0.1) is 5.69 Å². The Labute approximate surface area is 126 Å². The Bertz CT molecular complexity index is 621. The second-order valence-electron chi connectivity index (χ2n) is 6.64. The fourth-order valence-electron chi connectivity index (χ4n) is 3.20. The SMILES string of the molecule is CC1CCN(c2nc3ccccn3c2CNC2CC2)CC1. The molecule has 0 aromatic carbocycles. The number of pyridine rings is 1. The first-order valence-electron chi connectivity index (χ1n) is 8.25. The number of nitrogens with zero attached hydrogens (tertiary/aromatic N) is 3. The van der Waals surface area contributed by atoms with Crippen LogP contribution in [0.2, 0.25) is 0 Å². The fourth-order valence-corrected chi connectivity index (χ4v) is 3.20. The van der Waals surface area contributed by atoms with E-state index < -0.39 is 0 Å². The number of hydrogen-bond acceptors (Lipinski definition) is 3. The summed E-state index contributed by atoms with van der Waals surface area (Å²) in [6, 6.07) is 7.00. The van der Waals surface area contributed by atoms with Gasteiger partial charge in [-0.15, -0.1) is 0 Å². The Morgan fingerprint density at radius 3 is 2.76 bits per heavy atom. The van der Waals surface area contributed by atoms with Crippen molar-refractivity contribution in [2.75, 3.05) is 18.0 Å². The van der Waals surface area contributed by atoms with E-state index in [9.17, 15) is 0 Å². The van der Waals surface area contributed by atoms with Crippen LogP contribution < -0.4 is 10.2 Å². The standard InChI is InChI=1S/C17H24N4/c1-13-7-10-20(11-8-13)17-15(12-18-14-5-6-14)21-9-3-2-4-16(21)19-17/h2-4,9,13-14,18H,5-8,10-12H2,1H3. The summed E-state index contributed by atoms with van der Waals surface area (Å²) in [7, 11) is 0. The van der Waals surface area contributed by atoms with Crippen molar-refractivity contribution >= 4 is 11.5 Å². The van der Waals surface area contributed by atoms with Crippen LogP contribution in [0.25, 0.3) is 5.65 Å². The summed E-state index contributed by atoms with van der Waals surface area (Å²) < 4.78 is 2.25. The van der Waals surface area contributed by atoms with Gasteiger partial charge in [-0.05, 0) is 43.7 Å². The fraction of sp³-hybridized carbons (Fsp3) is 0.588. The molecule has 2 aliphatic rings. The van der Waals surface area contributed by atoms with Gasteiger partial charge in [0.15, 0.2) is 5.82 Å². The Kier molecular flexibility index (Phi) is 3.34. The molecule has 4 rings (SSSR count). The van der Waals surface area contributed by atoms with Gasteiger partial charge in [0.1, 0.15) is 5.65 Å². The summed E-state index contributed by atoms with van der Waals surface area (Å²) in [5.41, 5.74) is 2.39. The van der Waals surface area contributed by atoms with Crippen molar-refractivity contribution in [1.82, 2.24) is 14.7 Å². The molecule has 2 aromatic heterocycles. The Balaban J connectivity index is 1.66. The van der Waals surface area contributed by atoms with E-state index in [2.05, 4.69) is 45.9 Å². The highest BCUT2D eigenvalue weighted by atomic mass is 15.2. The molecule has 1 N–H and O–H groups in total. The molecule has 112 valence electrons. The van der Waals surface area contributed by atoms with Crippen LogP contribution in [0.1, 0.15) is 38.3 Å². The second-order valence-corrected chi connectivity index (χ2v) is 6.64. The number of piperidine rings is 1. The molecule has 0 atom stereocenters. The molecule has 0 amide bonds. The van der Waals surface area contributed by atoms with E-state index in [1.165, 1.54) is 37.2 Å². The quantitative estimate of drug-likeness (QED) is 0.937. The van der Waals surface area contributed by atoms with Crippen LogP contribution >= 0.6 is 0 Å². The highest BCUT2D eigenvalue weighted by Gasteiger charge is 2.25. The zero-order valence-electron chi connectivity index (χ0n) is 12.8. The summed E-state index contributed by atoms with van der Waals surface area (Å²) in [6.45, 7) is 5.57. The zero-order valence-corrected chi connectivity index (χ0v) is 12.8. The van der Waals surface area contributed by atoms with Gasteiger partial charge >= 0.3 is 0 Å². The molecule has 1 aliphatic heterocycles. The highest BCUT2D eigenvalue weighted by molar-refractivity contribution is 5.56. The molecule has 4 heteroatoms. The third-order valence-electron chi connectivity index (χ3n) is 4.83. The molecule has 0 spiro atoms.